The van der Waals surface area contributed by atoms with Gasteiger partial charge in [-0.25, -0.2) is 0 Å². The molecule has 0 aromatic heterocycles. The Kier molecular flexibility index (Phi) is 6.65. The van der Waals surface area contributed by atoms with Crippen molar-refractivity contribution in [3.05, 3.63) is 0 Å². The van der Waals surface area contributed by atoms with Crippen LogP contribution in [0.5, 0.6) is 0 Å². The third kappa shape index (κ3) is 4.94. The summed E-state index contributed by atoms with van der Waals surface area (Å²) in [5, 5.41) is 0. The zero-order valence-electron chi connectivity index (χ0n) is 12.0. The van der Waals surface area contributed by atoms with E-state index in [1.807, 2.05) is 7.05 Å². The largest absolute Gasteiger partial charge is 0.376 e. The second-order valence-corrected chi connectivity index (χ2v) is 5.77. The van der Waals surface area contributed by atoms with Crippen molar-refractivity contribution in [3.63, 3.8) is 0 Å². The van der Waals surface area contributed by atoms with Crippen molar-refractivity contribution in [3.8, 4) is 0 Å². The quantitative estimate of drug-likeness (QED) is 0.786. The van der Waals surface area contributed by atoms with E-state index in [-0.39, 0.29) is 17.9 Å². The molecule has 4 nitrogen and oxygen atoms in total. The molecule has 1 heterocycles. The first-order chi connectivity index (χ1) is 8.54. The van der Waals surface area contributed by atoms with Gasteiger partial charge >= 0.3 is 0 Å². The summed E-state index contributed by atoms with van der Waals surface area (Å²) >= 11 is 0. The van der Waals surface area contributed by atoms with Crippen LogP contribution in [0.2, 0.25) is 0 Å². The molecule has 0 aromatic rings. The van der Waals surface area contributed by atoms with Crippen LogP contribution in [-0.4, -0.2) is 43.7 Å². The van der Waals surface area contributed by atoms with Gasteiger partial charge in [0.2, 0.25) is 5.91 Å². The van der Waals surface area contributed by atoms with E-state index >= 15 is 0 Å². The minimum absolute atomic E-state index is 0.0430. The third-order valence-electron chi connectivity index (χ3n) is 3.52. The highest BCUT2D eigenvalue weighted by Gasteiger charge is 2.24. The van der Waals surface area contributed by atoms with Crippen molar-refractivity contribution in [2.75, 3.05) is 26.7 Å². The van der Waals surface area contributed by atoms with Gasteiger partial charge in [0.1, 0.15) is 0 Å². The van der Waals surface area contributed by atoms with E-state index in [0.29, 0.717) is 19.0 Å². The van der Waals surface area contributed by atoms with Gasteiger partial charge in [-0.15, -0.1) is 0 Å². The number of carbonyl (C=O) groups is 1. The zero-order valence-corrected chi connectivity index (χ0v) is 12.0. The SMILES string of the molecule is CC(C)CC(CN)C(=O)N(C)CC1CCCCO1. The van der Waals surface area contributed by atoms with Crippen LogP contribution < -0.4 is 5.73 Å². The number of rotatable bonds is 6. The molecule has 2 atom stereocenters. The van der Waals surface area contributed by atoms with E-state index in [2.05, 4.69) is 13.8 Å². The van der Waals surface area contributed by atoms with Gasteiger partial charge in [-0.1, -0.05) is 13.8 Å². The van der Waals surface area contributed by atoms with Gasteiger partial charge < -0.3 is 15.4 Å². The summed E-state index contributed by atoms with van der Waals surface area (Å²) in [5.41, 5.74) is 5.71. The number of carbonyl (C=O) groups excluding carboxylic acids is 1. The second kappa shape index (κ2) is 7.74. The minimum atomic E-state index is -0.0430. The summed E-state index contributed by atoms with van der Waals surface area (Å²) in [7, 11) is 1.86. The summed E-state index contributed by atoms with van der Waals surface area (Å²) in [6.07, 6.45) is 4.50. The molecule has 1 rings (SSSR count). The average molecular weight is 256 g/mol. The molecule has 2 unspecified atom stereocenters. The van der Waals surface area contributed by atoms with E-state index in [9.17, 15) is 4.79 Å². The van der Waals surface area contributed by atoms with Crippen LogP contribution in [0.4, 0.5) is 0 Å². The Hall–Kier alpha value is -0.610. The van der Waals surface area contributed by atoms with Crippen molar-refractivity contribution in [2.24, 2.45) is 17.6 Å². The Labute approximate surface area is 111 Å². The van der Waals surface area contributed by atoms with Crippen LogP contribution in [-0.2, 0) is 9.53 Å². The maximum Gasteiger partial charge on any atom is 0.226 e. The van der Waals surface area contributed by atoms with E-state index in [0.717, 1.165) is 25.9 Å². The van der Waals surface area contributed by atoms with Crippen molar-refractivity contribution in [1.82, 2.24) is 4.90 Å². The molecule has 1 fully saturated rings. The maximum absolute atomic E-state index is 12.3. The fraction of sp³-hybridized carbons (Fsp3) is 0.929. The predicted octanol–water partition coefficient (Wildman–Crippen LogP) is 1.63. The number of nitrogens with zero attached hydrogens (tertiary/aromatic N) is 1. The molecule has 1 saturated heterocycles. The molecular formula is C14H28N2O2. The number of nitrogens with two attached hydrogens (primary N) is 1. The van der Waals surface area contributed by atoms with Crippen LogP contribution >= 0.6 is 0 Å². The molecular weight excluding hydrogens is 228 g/mol. The van der Waals surface area contributed by atoms with Crippen LogP contribution in [0.3, 0.4) is 0 Å². The highest BCUT2D eigenvalue weighted by molar-refractivity contribution is 5.78. The van der Waals surface area contributed by atoms with Crippen molar-refractivity contribution < 1.29 is 9.53 Å². The lowest BCUT2D eigenvalue weighted by molar-refractivity contribution is -0.136. The van der Waals surface area contributed by atoms with E-state index < -0.39 is 0 Å². The summed E-state index contributed by atoms with van der Waals surface area (Å²) in [4.78, 5) is 14.1. The average Bonchev–Trinajstić information content (AvgIpc) is 2.36. The highest BCUT2D eigenvalue weighted by Crippen LogP contribution is 2.16. The fourth-order valence-corrected chi connectivity index (χ4v) is 2.53. The third-order valence-corrected chi connectivity index (χ3v) is 3.52. The first-order valence-corrected chi connectivity index (χ1v) is 7.11. The first kappa shape index (κ1) is 15.4. The van der Waals surface area contributed by atoms with Crippen molar-refractivity contribution >= 4 is 5.91 Å². The van der Waals surface area contributed by atoms with Crippen LogP contribution in [0.25, 0.3) is 0 Å². The molecule has 2 N–H and O–H groups in total. The van der Waals surface area contributed by atoms with Gasteiger partial charge in [-0.2, -0.15) is 0 Å². The molecule has 0 aliphatic carbocycles. The molecule has 0 radical (unpaired) electrons. The van der Waals surface area contributed by atoms with Gasteiger partial charge in [-0.05, 0) is 31.6 Å². The topological polar surface area (TPSA) is 55.6 Å². The smallest absolute Gasteiger partial charge is 0.226 e. The Bertz CT molecular complexity index is 250. The normalized spacial score (nSPS) is 21.9. The first-order valence-electron chi connectivity index (χ1n) is 7.11. The second-order valence-electron chi connectivity index (χ2n) is 5.77. The molecule has 18 heavy (non-hydrogen) atoms. The summed E-state index contributed by atoms with van der Waals surface area (Å²) < 4.78 is 5.67. The number of hydrogen-bond acceptors (Lipinski definition) is 3. The van der Waals surface area contributed by atoms with E-state index in [1.165, 1.54) is 6.42 Å². The number of ether oxygens (including phenoxy) is 1. The maximum atomic E-state index is 12.3. The molecule has 1 amide bonds. The van der Waals surface area contributed by atoms with Gasteiger partial charge in [0, 0.05) is 26.7 Å². The fourth-order valence-electron chi connectivity index (χ4n) is 2.53. The lowest BCUT2D eigenvalue weighted by atomic mass is 9.95. The molecule has 0 saturated carbocycles. The molecule has 106 valence electrons. The van der Waals surface area contributed by atoms with Crippen LogP contribution in [0.1, 0.15) is 39.5 Å². The van der Waals surface area contributed by atoms with Gasteiger partial charge in [0.25, 0.3) is 0 Å². The predicted molar refractivity (Wildman–Crippen MR) is 73.2 cm³/mol. The molecule has 0 spiro atoms. The molecule has 1 aliphatic rings. The monoisotopic (exact) mass is 256 g/mol. The summed E-state index contributed by atoms with van der Waals surface area (Å²) in [6, 6.07) is 0. The Balaban J connectivity index is 2.42. The lowest BCUT2D eigenvalue weighted by Gasteiger charge is -2.30. The number of amides is 1. The van der Waals surface area contributed by atoms with E-state index in [4.69, 9.17) is 10.5 Å². The van der Waals surface area contributed by atoms with E-state index in [1.54, 1.807) is 4.90 Å². The Morgan fingerprint density at radius 3 is 2.67 bits per heavy atom. The van der Waals surface area contributed by atoms with Crippen molar-refractivity contribution in [1.29, 1.82) is 0 Å². The molecule has 4 heteroatoms. The Morgan fingerprint density at radius 2 is 2.17 bits per heavy atom. The number of likely N-dealkylation sites (N-methyl/N-ethyl adjacent to an activating group) is 1. The minimum Gasteiger partial charge on any atom is -0.376 e. The van der Waals surface area contributed by atoms with Crippen LogP contribution in [0.15, 0.2) is 0 Å². The molecule has 0 bridgehead atoms. The lowest BCUT2D eigenvalue weighted by Crippen LogP contribution is -2.42. The van der Waals surface area contributed by atoms with Crippen LogP contribution in [0, 0.1) is 11.8 Å². The van der Waals surface area contributed by atoms with Gasteiger partial charge in [0.05, 0.1) is 12.0 Å². The summed E-state index contributed by atoms with van der Waals surface area (Å²) in [6.45, 7) is 6.22. The van der Waals surface area contributed by atoms with Crippen molar-refractivity contribution in [2.45, 2.75) is 45.6 Å². The molecule has 1 aliphatic heterocycles. The Morgan fingerprint density at radius 1 is 1.44 bits per heavy atom. The van der Waals surface area contributed by atoms with Gasteiger partial charge in [0.15, 0.2) is 0 Å². The molecule has 0 aromatic carbocycles. The highest BCUT2D eigenvalue weighted by atomic mass is 16.5. The zero-order chi connectivity index (χ0) is 13.5. The summed E-state index contributed by atoms with van der Waals surface area (Å²) in [5.74, 6) is 0.626. The standard InChI is InChI=1S/C14H28N2O2/c1-11(2)8-12(9-15)14(17)16(3)10-13-6-4-5-7-18-13/h11-13H,4-10,15H2,1-3H3. The number of hydrogen-bond donors (Lipinski definition) is 1. The van der Waals surface area contributed by atoms with Gasteiger partial charge in [-0.3, -0.25) is 4.79 Å².